The van der Waals surface area contributed by atoms with Crippen LogP contribution in [0.25, 0.3) is 0 Å². The summed E-state index contributed by atoms with van der Waals surface area (Å²) in [6.07, 6.45) is -0.298. The standard InChI is InChI=1S/C15H11ClF4O/c16-8-15(21,7-9-3-1-2-4-11(9)17)10-5-12(18)14(20)13(19)6-10/h1-6,21H,7-8H2. The summed E-state index contributed by atoms with van der Waals surface area (Å²) < 4.78 is 53.2. The van der Waals surface area contributed by atoms with Crippen molar-refractivity contribution < 1.29 is 22.7 Å². The van der Waals surface area contributed by atoms with Gasteiger partial charge in [0.1, 0.15) is 11.4 Å². The van der Waals surface area contributed by atoms with E-state index in [0.29, 0.717) is 12.1 Å². The summed E-state index contributed by atoms with van der Waals surface area (Å²) in [6.45, 7) is 0. The van der Waals surface area contributed by atoms with Gasteiger partial charge in [-0.15, -0.1) is 11.6 Å². The summed E-state index contributed by atoms with van der Waals surface area (Å²) in [5.74, 6) is -5.54. The van der Waals surface area contributed by atoms with Crippen LogP contribution in [0.4, 0.5) is 17.6 Å². The minimum atomic E-state index is -1.92. The van der Waals surface area contributed by atoms with Crippen LogP contribution in [0, 0.1) is 23.3 Å². The first-order valence-corrected chi connectivity index (χ1v) is 6.57. The fourth-order valence-electron chi connectivity index (χ4n) is 2.01. The second-order valence-corrected chi connectivity index (χ2v) is 4.95. The lowest BCUT2D eigenvalue weighted by Gasteiger charge is -2.27. The largest absolute Gasteiger partial charge is 0.384 e. The number of alkyl halides is 1. The third-order valence-corrected chi connectivity index (χ3v) is 3.63. The van der Waals surface area contributed by atoms with Crippen LogP contribution in [0.2, 0.25) is 0 Å². The number of aliphatic hydroxyl groups is 1. The summed E-state index contributed by atoms with van der Waals surface area (Å²) in [7, 11) is 0. The van der Waals surface area contributed by atoms with Gasteiger partial charge in [-0.25, -0.2) is 17.6 Å². The molecule has 0 saturated heterocycles. The quantitative estimate of drug-likeness (QED) is 0.515. The van der Waals surface area contributed by atoms with E-state index < -0.39 is 34.7 Å². The number of rotatable bonds is 4. The molecular formula is C15H11ClF4O. The van der Waals surface area contributed by atoms with Crippen LogP contribution in [0.1, 0.15) is 11.1 Å². The van der Waals surface area contributed by atoms with Gasteiger partial charge >= 0.3 is 0 Å². The minimum absolute atomic E-state index is 0.130. The third kappa shape index (κ3) is 3.19. The smallest absolute Gasteiger partial charge is 0.194 e. The maximum atomic E-state index is 13.6. The molecule has 0 fully saturated rings. The highest BCUT2D eigenvalue weighted by atomic mass is 35.5. The molecule has 0 bridgehead atoms. The average Bonchev–Trinajstić information content (AvgIpc) is 2.46. The highest BCUT2D eigenvalue weighted by molar-refractivity contribution is 6.18. The highest BCUT2D eigenvalue weighted by Gasteiger charge is 2.32. The van der Waals surface area contributed by atoms with E-state index in [-0.39, 0.29) is 17.5 Å². The Kier molecular flexibility index (Phi) is 4.54. The molecule has 2 aromatic carbocycles. The Balaban J connectivity index is 2.44. The van der Waals surface area contributed by atoms with Gasteiger partial charge in [0.2, 0.25) is 0 Å². The molecule has 0 aliphatic rings. The van der Waals surface area contributed by atoms with Crippen molar-refractivity contribution >= 4 is 11.6 Å². The lowest BCUT2D eigenvalue weighted by Crippen LogP contribution is -2.31. The van der Waals surface area contributed by atoms with Crippen molar-refractivity contribution in [2.24, 2.45) is 0 Å². The second-order valence-electron chi connectivity index (χ2n) is 4.69. The van der Waals surface area contributed by atoms with Crippen LogP contribution in [0.5, 0.6) is 0 Å². The summed E-state index contributed by atoms with van der Waals surface area (Å²) in [6, 6.07) is 6.94. The average molecular weight is 319 g/mol. The zero-order valence-corrected chi connectivity index (χ0v) is 11.5. The number of hydrogen-bond donors (Lipinski definition) is 1. The predicted molar refractivity (Wildman–Crippen MR) is 71.0 cm³/mol. The SMILES string of the molecule is OC(CCl)(Cc1ccccc1F)c1cc(F)c(F)c(F)c1. The molecule has 1 atom stereocenters. The van der Waals surface area contributed by atoms with Crippen LogP contribution in [-0.4, -0.2) is 11.0 Å². The van der Waals surface area contributed by atoms with Gasteiger partial charge < -0.3 is 5.11 Å². The Labute approximate surface area is 123 Å². The van der Waals surface area contributed by atoms with E-state index in [1.165, 1.54) is 18.2 Å². The second kappa shape index (κ2) is 6.03. The van der Waals surface area contributed by atoms with Gasteiger partial charge in [-0.2, -0.15) is 0 Å². The van der Waals surface area contributed by atoms with Crippen molar-refractivity contribution in [2.45, 2.75) is 12.0 Å². The molecule has 0 saturated carbocycles. The van der Waals surface area contributed by atoms with E-state index in [2.05, 4.69) is 0 Å². The molecule has 1 N–H and O–H groups in total. The van der Waals surface area contributed by atoms with Gasteiger partial charge in [0.25, 0.3) is 0 Å². The van der Waals surface area contributed by atoms with Crippen LogP contribution in [0.3, 0.4) is 0 Å². The molecule has 0 radical (unpaired) electrons. The third-order valence-electron chi connectivity index (χ3n) is 3.18. The number of hydrogen-bond acceptors (Lipinski definition) is 1. The van der Waals surface area contributed by atoms with Gasteiger partial charge in [0.15, 0.2) is 17.5 Å². The van der Waals surface area contributed by atoms with Crippen LogP contribution >= 0.6 is 11.6 Å². The zero-order chi connectivity index (χ0) is 15.6. The van der Waals surface area contributed by atoms with Gasteiger partial charge in [-0.05, 0) is 29.3 Å². The van der Waals surface area contributed by atoms with E-state index in [4.69, 9.17) is 11.6 Å². The molecule has 2 rings (SSSR count). The van der Waals surface area contributed by atoms with E-state index in [0.717, 1.165) is 0 Å². The van der Waals surface area contributed by atoms with Crippen molar-refractivity contribution in [1.29, 1.82) is 0 Å². The molecule has 112 valence electrons. The molecule has 2 aromatic rings. The minimum Gasteiger partial charge on any atom is -0.384 e. The fraction of sp³-hybridized carbons (Fsp3) is 0.200. The summed E-state index contributed by atoms with van der Waals surface area (Å²) >= 11 is 5.68. The normalized spacial score (nSPS) is 14.0. The predicted octanol–water partition coefficient (Wildman–Crippen LogP) is 3.91. The van der Waals surface area contributed by atoms with Gasteiger partial charge in [-0.1, -0.05) is 18.2 Å². The van der Waals surface area contributed by atoms with Gasteiger partial charge in [0, 0.05) is 6.42 Å². The topological polar surface area (TPSA) is 20.2 Å². The lowest BCUT2D eigenvalue weighted by atomic mass is 9.88. The molecule has 6 heteroatoms. The molecule has 0 aliphatic carbocycles. The monoisotopic (exact) mass is 318 g/mol. The highest BCUT2D eigenvalue weighted by Crippen LogP contribution is 2.30. The van der Waals surface area contributed by atoms with E-state index >= 15 is 0 Å². The van der Waals surface area contributed by atoms with Crippen molar-refractivity contribution in [2.75, 3.05) is 5.88 Å². The first-order chi connectivity index (χ1) is 9.87. The molecule has 0 aromatic heterocycles. The molecule has 21 heavy (non-hydrogen) atoms. The fourth-order valence-corrected chi connectivity index (χ4v) is 2.26. The van der Waals surface area contributed by atoms with Crippen molar-refractivity contribution in [1.82, 2.24) is 0 Å². The molecule has 0 amide bonds. The molecular weight excluding hydrogens is 308 g/mol. The van der Waals surface area contributed by atoms with E-state index in [9.17, 15) is 22.7 Å². The van der Waals surface area contributed by atoms with E-state index in [1.807, 2.05) is 0 Å². The zero-order valence-electron chi connectivity index (χ0n) is 10.7. The first-order valence-electron chi connectivity index (χ1n) is 6.04. The molecule has 1 nitrogen and oxygen atoms in total. The van der Waals surface area contributed by atoms with E-state index in [1.54, 1.807) is 6.07 Å². The van der Waals surface area contributed by atoms with Crippen LogP contribution in [-0.2, 0) is 12.0 Å². The van der Waals surface area contributed by atoms with Crippen LogP contribution in [0.15, 0.2) is 36.4 Å². The summed E-state index contributed by atoms with van der Waals surface area (Å²) in [5.41, 5.74) is -2.04. The first kappa shape index (κ1) is 15.8. The lowest BCUT2D eigenvalue weighted by molar-refractivity contribution is 0.0596. The Morgan fingerprint density at radius 2 is 1.52 bits per heavy atom. The Hall–Kier alpha value is -1.59. The Morgan fingerprint density at radius 1 is 0.952 bits per heavy atom. The number of halogens is 5. The number of benzene rings is 2. The van der Waals surface area contributed by atoms with Crippen molar-refractivity contribution in [3.05, 3.63) is 70.8 Å². The molecule has 0 heterocycles. The van der Waals surface area contributed by atoms with Crippen molar-refractivity contribution in [3.8, 4) is 0 Å². The maximum absolute atomic E-state index is 13.6. The summed E-state index contributed by atoms with van der Waals surface area (Å²) in [4.78, 5) is 0. The summed E-state index contributed by atoms with van der Waals surface area (Å²) in [5, 5.41) is 10.5. The Bertz CT molecular complexity index is 639. The van der Waals surface area contributed by atoms with Gasteiger partial charge in [-0.3, -0.25) is 0 Å². The van der Waals surface area contributed by atoms with Gasteiger partial charge in [0.05, 0.1) is 5.88 Å². The maximum Gasteiger partial charge on any atom is 0.194 e. The van der Waals surface area contributed by atoms with Crippen molar-refractivity contribution in [3.63, 3.8) is 0 Å². The van der Waals surface area contributed by atoms with Crippen LogP contribution < -0.4 is 0 Å². The molecule has 1 unspecified atom stereocenters. The molecule has 0 aliphatic heterocycles. The Morgan fingerprint density at radius 3 is 2.05 bits per heavy atom. The molecule has 0 spiro atoms.